The lowest BCUT2D eigenvalue weighted by molar-refractivity contribution is -0.115. The molecule has 0 fully saturated rings. The Labute approximate surface area is 229 Å². The first-order valence-corrected chi connectivity index (χ1v) is 13.1. The molecule has 0 saturated heterocycles. The summed E-state index contributed by atoms with van der Waals surface area (Å²) in [6.07, 6.45) is 0.515. The van der Waals surface area contributed by atoms with Gasteiger partial charge in [0.25, 0.3) is 5.56 Å². The van der Waals surface area contributed by atoms with E-state index in [4.69, 9.17) is 30.8 Å². The van der Waals surface area contributed by atoms with E-state index in [1.807, 2.05) is 19.1 Å². The number of benzene rings is 3. The first-order valence-electron chi connectivity index (χ1n) is 11.9. The average molecular weight is 554 g/mol. The highest BCUT2D eigenvalue weighted by molar-refractivity contribution is 8.00. The van der Waals surface area contributed by atoms with Crippen molar-refractivity contribution in [1.82, 2.24) is 9.55 Å². The minimum Gasteiger partial charge on any atom is -0.497 e. The fourth-order valence-electron chi connectivity index (χ4n) is 3.90. The van der Waals surface area contributed by atoms with Gasteiger partial charge >= 0.3 is 0 Å². The van der Waals surface area contributed by atoms with Crippen molar-refractivity contribution >= 4 is 45.9 Å². The Morgan fingerprint density at radius 3 is 2.39 bits per heavy atom. The number of nitrogens with zero attached hydrogens (tertiary/aromatic N) is 2. The van der Waals surface area contributed by atoms with Crippen molar-refractivity contribution in [3.8, 4) is 17.2 Å². The number of anilines is 1. The molecule has 1 amide bonds. The van der Waals surface area contributed by atoms with Crippen LogP contribution < -0.4 is 25.1 Å². The highest BCUT2D eigenvalue weighted by atomic mass is 35.5. The number of ether oxygens (including phenoxy) is 3. The quantitative estimate of drug-likeness (QED) is 0.201. The molecule has 8 nitrogen and oxygen atoms in total. The molecule has 4 rings (SSSR count). The molecule has 0 aliphatic rings. The predicted molar refractivity (Wildman–Crippen MR) is 151 cm³/mol. The Hall–Kier alpha value is -3.69. The first kappa shape index (κ1) is 27.3. The molecule has 1 atom stereocenters. The Morgan fingerprint density at radius 2 is 1.74 bits per heavy atom. The van der Waals surface area contributed by atoms with E-state index >= 15 is 0 Å². The predicted octanol–water partition coefficient (Wildman–Crippen LogP) is 5.63. The van der Waals surface area contributed by atoms with Crippen LogP contribution in [0.15, 0.2) is 70.6 Å². The minimum atomic E-state index is -0.512. The highest BCUT2D eigenvalue weighted by Gasteiger charge is 2.23. The molecule has 0 saturated carbocycles. The molecule has 0 aliphatic carbocycles. The molecule has 198 valence electrons. The van der Waals surface area contributed by atoms with Gasteiger partial charge in [-0.1, -0.05) is 48.5 Å². The van der Waals surface area contributed by atoms with Crippen LogP contribution in [-0.2, 0) is 11.3 Å². The normalized spacial score (nSPS) is 11.7. The zero-order valence-electron chi connectivity index (χ0n) is 21.5. The van der Waals surface area contributed by atoms with Crippen molar-refractivity contribution in [2.75, 3.05) is 26.6 Å². The van der Waals surface area contributed by atoms with Gasteiger partial charge in [0.15, 0.2) is 16.7 Å². The van der Waals surface area contributed by atoms with Crippen molar-refractivity contribution in [1.29, 1.82) is 0 Å². The number of carbonyl (C=O) groups excluding carboxylic acids is 1. The molecule has 0 spiro atoms. The molecule has 4 aromatic rings. The number of hydrogen-bond acceptors (Lipinski definition) is 7. The SMILES string of the molecule is CC[C@@H](Sc1nc2cc(OC)c(OC)cc2c(=O)n1Cc1ccc(Cl)cc1)C(=O)Nc1cccc(OC)c1. The Kier molecular flexibility index (Phi) is 8.81. The monoisotopic (exact) mass is 553 g/mol. The van der Waals surface area contributed by atoms with Crippen LogP contribution in [0.3, 0.4) is 0 Å². The van der Waals surface area contributed by atoms with E-state index in [2.05, 4.69) is 5.32 Å². The van der Waals surface area contributed by atoms with Crippen LogP contribution in [0.2, 0.25) is 5.02 Å². The van der Waals surface area contributed by atoms with E-state index in [-0.39, 0.29) is 18.0 Å². The van der Waals surface area contributed by atoms with Gasteiger partial charge in [0.1, 0.15) is 5.75 Å². The molecule has 1 heterocycles. The van der Waals surface area contributed by atoms with Crippen molar-refractivity contribution in [3.05, 3.63) is 81.6 Å². The zero-order valence-corrected chi connectivity index (χ0v) is 23.1. The molecule has 1 aromatic heterocycles. The second kappa shape index (κ2) is 12.2. The molecule has 0 unspecified atom stereocenters. The van der Waals surface area contributed by atoms with Gasteiger partial charge in [-0.25, -0.2) is 4.98 Å². The summed E-state index contributed by atoms with van der Waals surface area (Å²) in [6, 6.07) is 17.7. The summed E-state index contributed by atoms with van der Waals surface area (Å²) in [4.78, 5) is 31.8. The van der Waals surface area contributed by atoms with Crippen LogP contribution in [-0.4, -0.2) is 42.0 Å². The maximum atomic E-state index is 13.8. The first-order chi connectivity index (χ1) is 18.4. The van der Waals surface area contributed by atoms with Gasteiger partial charge in [-0.3, -0.25) is 14.2 Å². The second-order valence-electron chi connectivity index (χ2n) is 8.37. The van der Waals surface area contributed by atoms with Crippen molar-refractivity contribution < 1.29 is 19.0 Å². The van der Waals surface area contributed by atoms with Gasteiger partial charge in [-0.05, 0) is 42.3 Å². The standard InChI is InChI=1S/C28H28ClN3O5S/c1-5-25(26(33)30-19-7-6-8-20(13-19)35-2)38-28-31-22-15-24(37-4)23(36-3)14-21(22)27(34)32(28)16-17-9-11-18(29)12-10-17/h6-15,25H,5,16H2,1-4H3,(H,30,33)/t25-/m1/s1. The molecule has 0 bridgehead atoms. The number of nitrogens with one attached hydrogen (secondary N) is 1. The van der Waals surface area contributed by atoms with Crippen LogP contribution in [0.5, 0.6) is 17.2 Å². The lowest BCUT2D eigenvalue weighted by atomic mass is 10.2. The van der Waals surface area contributed by atoms with Gasteiger partial charge < -0.3 is 19.5 Å². The maximum Gasteiger partial charge on any atom is 0.262 e. The Morgan fingerprint density at radius 1 is 1.03 bits per heavy atom. The lowest BCUT2D eigenvalue weighted by Crippen LogP contribution is -2.28. The summed E-state index contributed by atoms with van der Waals surface area (Å²) >= 11 is 7.30. The smallest absolute Gasteiger partial charge is 0.262 e. The molecule has 0 aliphatic heterocycles. The summed E-state index contributed by atoms with van der Waals surface area (Å²) in [6.45, 7) is 2.17. The number of rotatable bonds is 10. The summed E-state index contributed by atoms with van der Waals surface area (Å²) in [7, 11) is 4.61. The van der Waals surface area contributed by atoms with E-state index in [1.165, 1.54) is 26.0 Å². The highest BCUT2D eigenvalue weighted by Crippen LogP contribution is 2.32. The molecule has 3 aromatic carbocycles. The van der Waals surface area contributed by atoms with E-state index in [9.17, 15) is 9.59 Å². The van der Waals surface area contributed by atoms with Gasteiger partial charge in [0, 0.05) is 22.8 Å². The minimum absolute atomic E-state index is 0.203. The van der Waals surface area contributed by atoms with Gasteiger partial charge in [0.2, 0.25) is 5.91 Å². The van der Waals surface area contributed by atoms with Gasteiger partial charge in [0.05, 0.1) is 44.0 Å². The van der Waals surface area contributed by atoms with Crippen LogP contribution in [0.1, 0.15) is 18.9 Å². The number of carbonyl (C=O) groups is 1. The number of aromatic nitrogens is 2. The van der Waals surface area contributed by atoms with E-state index in [1.54, 1.807) is 60.2 Å². The van der Waals surface area contributed by atoms with Crippen LogP contribution in [0, 0.1) is 0 Å². The third-order valence-corrected chi connectivity index (χ3v) is 7.53. The summed E-state index contributed by atoms with van der Waals surface area (Å²) in [5.41, 5.74) is 1.69. The molecular formula is C28H28ClN3O5S. The van der Waals surface area contributed by atoms with E-state index in [0.717, 1.165) is 5.56 Å². The van der Waals surface area contributed by atoms with Crippen LogP contribution >= 0.6 is 23.4 Å². The molecular weight excluding hydrogens is 526 g/mol. The number of fused-ring (bicyclic) bond motifs is 1. The Bertz CT molecular complexity index is 1510. The summed E-state index contributed by atoms with van der Waals surface area (Å²) in [5, 5.41) is 3.83. The fraction of sp³-hybridized carbons (Fsp3) is 0.250. The Balaban J connectivity index is 1.76. The number of halogens is 1. The van der Waals surface area contributed by atoms with E-state index < -0.39 is 5.25 Å². The number of amides is 1. The second-order valence-corrected chi connectivity index (χ2v) is 9.98. The van der Waals surface area contributed by atoms with Crippen molar-refractivity contribution in [3.63, 3.8) is 0 Å². The molecule has 38 heavy (non-hydrogen) atoms. The van der Waals surface area contributed by atoms with Gasteiger partial charge in [-0.2, -0.15) is 0 Å². The van der Waals surface area contributed by atoms with Crippen LogP contribution in [0.4, 0.5) is 5.69 Å². The van der Waals surface area contributed by atoms with Crippen molar-refractivity contribution in [2.24, 2.45) is 0 Å². The summed E-state index contributed by atoms with van der Waals surface area (Å²) < 4.78 is 17.7. The summed E-state index contributed by atoms with van der Waals surface area (Å²) in [5.74, 6) is 1.33. The topological polar surface area (TPSA) is 91.7 Å². The van der Waals surface area contributed by atoms with Gasteiger partial charge in [-0.15, -0.1) is 0 Å². The largest absolute Gasteiger partial charge is 0.497 e. The molecule has 1 N–H and O–H groups in total. The third kappa shape index (κ3) is 6.06. The zero-order chi connectivity index (χ0) is 27.2. The maximum absolute atomic E-state index is 13.8. The number of hydrogen-bond donors (Lipinski definition) is 1. The molecule has 10 heteroatoms. The number of methoxy groups -OCH3 is 3. The third-order valence-electron chi connectivity index (χ3n) is 5.93. The van der Waals surface area contributed by atoms with Crippen LogP contribution in [0.25, 0.3) is 10.9 Å². The number of thioether (sulfide) groups is 1. The lowest BCUT2D eigenvalue weighted by Gasteiger charge is -2.19. The fourth-order valence-corrected chi connectivity index (χ4v) is 5.04. The average Bonchev–Trinajstić information content (AvgIpc) is 2.93. The van der Waals surface area contributed by atoms with E-state index in [0.29, 0.717) is 50.4 Å². The molecule has 0 radical (unpaired) electrons. The van der Waals surface area contributed by atoms with Crippen molar-refractivity contribution in [2.45, 2.75) is 30.3 Å².